The van der Waals surface area contributed by atoms with Gasteiger partial charge in [0.05, 0.1) is 0 Å². The fourth-order valence-electron chi connectivity index (χ4n) is 2.46. The van der Waals surface area contributed by atoms with Crippen LogP contribution in [-0.4, -0.2) is 68.0 Å². The van der Waals surface area contributed by atoms with Crippen LogP contribution in [0.15, 0.2) is 0 Å². The first-order valence-corrected chi connectivity index (χ1v) is 7.61. The number of aliphatic hydroxyl groups excluding tert-OH is 1. The third-order valence-corrected chi connectivity index (χ3v) is 5.52. The van der Waals surface area contributed by atoms with Gasteiger partial charge < -0.3 is 10.4 Å². The van der Waals surface area contributed by atoms with Crippen molar-refractivity contribution < 1.29 is 13.5 Å². The lowest BCUT2D eigenvalue weighted by atomic mass is 10.1. The summed E-state index contributed by atoms with van der Waals surface area (Å²) in [4.78, 5) is 0. The predicted octanol–water partition coefficient (Wildman–Crippen LogP) is -1.16. The first-order chi connectivity index (χ1) is 8.14. The molecule has 0 aromatic rings. The number of aliphatic hydroxyl groups is 1. The molecular weight excluding hydrogens is 242 g/mol. The Morgan fingerprint density at radius 1 is 1.18 bits per heavy atom. The molecule has 2 fully saturated rings. The molecule has 2 saturated heterocycles. The molecule has 7 heteroatoms. The minimum atomic E-state index is -3.27. The third kappa shape index (κ3) is 2.97. The molecule has 2 aliphatic heterocycles. The number of piperazine rings is 1. The van der Waals surface area contributed by atoms with Crippen molar-refractivity contribution in [3.8, 4) is 0 Å². The van der Waals surface area contributed by atoms with Gasteiger partial charge in [-0.1, -0.05) is 0 Å². The van der Waals surface area contributed by atoms with E-state index in [0.717, 1.165) is 19.5 Å². The fraction of sp³-hybridized carbons (Fsp3) is 1.00. The molecule has 6 nitrogen and oxygen atoms in total. The maximum absolute atomic E-state index is 12.3. The SMILES string of the molecule is O=S(=O)(N1CCNCC1)N1CCC(CCO)C1. The van der Waals surface area contributed by atoms with Crippen molar-refractivity contribution in [2.24, 2.45) is 5.92 Å². The fourth-order valence-corrected chi connectivity index (χ4v) is 4.17. The van der Waals surface area contributed by atoms with Gasteiger partial charge in [-0.15, -0.1) is 0 Å². The first kappa shape index (κ1) is 13.2. The number of nitrogens with zero attached hydrogens (tertiary/aromatic N) is 2. The van der Waals surface area contributed by atoms with Gasteiger partial charge in [0.25, 0.3) is 10.2 Å². The molecule has 0 aliphatic carbocycles. The second kappa shape index (κ2) is 5.62. The normalized spacial score (nSPS) is 28.6. The molecule has 1 atom stereocenters. The Morgan fingerprint density at radius 2 is 1.88 bits per heavy atom. The Bertz CT molecular complexity index is 341. The van der Waals surface area contributed by atoms with E-state index in [-0.39, 0.29) is 6.61 Å². The van der Waals surface area contributed by atoms with Crippen LogP contribution in [0.25, 0.3) is 0 Å². The summed E-state index contributed by atoms with van der Waals surface area (Å²) in [6, 6.07) is 0. The van der Waals surface area contributed by atoms with Gasteiger partial charge in [-0.3, -0.25) is 0 Å². The van der Waals surface area contributed by atoms with Gasteiger partial charge in [-0.2, -0.15) is 17.0 Å². The summed E-state index contributed by atoms with van der Waals surface area (Å²) in [5.41, 5.74) is 0. The monoisotopic (exact) mass is 263 g/mol. The van der Waals surface area contributed by atoms with E-state index in [1.807, 2.05) is 0 Å². The van der Waals surface area contributed by atoms with Crippen LogP contribution in [0.5, 0.6) is 0 Å². The van der Waals surface area contributed by atoms with Gasteiger partial charge >= 0.3 is 0 Å². The van der Waals surface area contributed by atoms with Crippen LogP contribution in [0.1, 0.15) is 12.8 Å². The zero-order valence-electron chi connectivity index (χ0n) is 10.0. The van der Waals surface area contributed by atoms with Crippen LogP contribution in [0.3, 0.4) is 0 Å². The summed E-state index contributed by atoms with van der Waals surface area (Å²) in [6.45, 7) is 3.88. The largest absolute Gasteiger partial charge is 0.396 e. The van der Waals surface area contributed by atoms with E-state index in [1.165, 1.54) is 0 Å². The van der Waals surface area contributed by atoms with Crippen LogP contribution in [0.2, 0.25) is 0 Å². The van der Waals surface area contributed by atoms with Gasteiger partial charge in [0.1, 0.15) is 0 Å². The van der Waals surface area contributed by atoms with Crippen molar-refractivity contribution in [2.75, 3.05) is 45.9 Å². The van der Waals surface area contributed by atoms with E-state index in [1.54, 1.807) is 8.61 Å². The van der Waals surface area contributed by atoms with E-state index in [4.69, 9.17) is 5.11 Å². The number of hydrogen-bond donors (Lipinski definition) is 2. The van der Waals surface area contributed by atoms with Crippen molar-refractivity contribution in [1.29, 1.82) is 0 Å². The quantitative estimate of drug-likeness (QED) is 0.671. The van der Waals surface area contributed by atoms with Crippen molar-refractivity contribution in [2.45, 2.75) is 12.8 Å². The van der Waals surface area contributed by atoms with Gasteiger partial charge in [-0.05, 0) is 18.8 Å². The second-order valence-electron chi connectivity index (χ2n) is 4.68. The Labute approximate surface area is 103 Å². The van der Waals surface area contributed by atoms with E-state index in [2.05, 4.69) is 5.32 Å². The molecule has 0 aromatic heterocycles. The van der Waals surface area contributed by atoms with E-state index in [0.29, 0.717) is 38.5 Å². The molecule has 2 N–H and O–H groups in total. The van der Waals surface area contributed by atoms with Crippen molar-refractivity contribution in [1.82, 2.24) is 13.9 Å². The minimum Gasteiger partial charge on any atom is -0.396 e. The molecule has 2 rings (SSSR count). The van der Waals surface area contributed by atoms with Gasteiger partial charge in [0.2, 0.25) is 0 Å². The lowest BCUT2D eigenvalue weighted by Crippen LogP contribution is -2.51. The predicted molar refractivity (Wildman–Crippen MR) is 64.7 cm³/mol. The third-order valence-electron chi connectivity index (χ3n) is 3.51. The Balaban J connectivity index is 1.96. The lowest BCUT2D eigenvalue weighted by Gasteiger charge is -2.30. The molecule has 0 bridgehead atoms. The molecule has 0 amide bonds. The highest BCUT2D eigenvalue weighted by atomic mass is 32.2. The standard InChI is InChI=1S/C10H21N3O3S/c14-8-2-10-1-5-13(9-10)17(15,16)12-6-3-11-4-7-12/h10-11,14H,1-9H2. The van der Waals surface area contributed by atoms with Gasteiger partial charge in [0, 0.05) is 45.9 Å². The van der Waals surface area contributed by atoms with Crippen LogP contribution in [0, 0.1) is 5.92 Å². The molecule has 17 heavy (non-hydrogen) atoms. The molecule has 100 valence electrons. The number of nitrogens with one attached hydrogen (secondary N) is 1. The highest BCUT2D eigenvalue weighted by Gasteiger charge is 2.35. The highest BCUT2D eigenvalue weighted by molar-refractivity contribution is 7.86. The zero-order valence-corrected chi connectivity index (χ0v) is 10.8. The van der Waals surface area contributed by atoms with Crippen LogP contribution in [0.4, 0.5) is 0 Å². The maximum Gasteiger partial charge on any atom is 0.282 e. The summed E-state index contributed by atoms with van der Waals surface area (Å²) >= 11 is 0. The molecule has 1 unspecified atom stereocenters. The van der Waals surface area contributed by atoms with E-state index >= 15 is 0 Å². The molecule has 2 heterocycles. The number of hydrogen-bond acceptors (Lipinski definition) is 4. The topological polar surface area (TPSA) is 72.9 Å². The molecule has 2 aliphatic rings. The average molecular weight is 263 g/mol. The smallest absolute Gasteiger partial charge is 0.282 e. The zero-order chi connectivity index (χ0) is 12.3. The molecule has 0 spiro atoms. The minimum absolute atomic E-state index is 0.145. The van der Waals surface area contributed by atoms with Crippen molar-refractivity contribution in [3.05, 3.63) is 0 Å². The first-order valence-electron chi connectivity index (χ1n) is 6.21. The van der Waals surface area contributed by atoms with Crippen LogP contribution < -0.4 is 5.32 Å². The Kier molecular flexibility index (Phi) is 4.37. The molecule has 0 aromatic carbocycles. The van der Waals surface area contributed by atoms with Crippen LogP contribution >= 0.6 is 0 Å². The summed E-state index contributed by atoms with van der Waals surface area (Å²) < 4.78 is 27.7. The van der Waals surface area contributed by atoms with Crippen LogP contribution in [-0.2, 0) is 10.2 Å². The number of rotatable bonds is 4. The second-order valence-corrected chi connectivity index (χ2v) is 6.61. The molecule has 0 radical (unpaired) electrons. The highest BCUT2D eigenvalue weighted by Crippen LogP contribution is 2.23. The van der Waals surface area contributed by atoms with E-state index < -0.39 is 10.2 Å². The Hall–Kier alpha value is -0.210. The van der Waals surface area contributed by atoms with E-state index in [9.17, 15) is 8.42 Å². The summed E-state index contributed by atoms with van der Waals surface area (Å²) in [5, 5.41) is 12.0. The molecule has 0 saturated carbocycles. The Morgan fingerprint density at radius 3 is 2.53 bits per heavy atom. The van der Waals surface area contributed by atoms with Crippen molar-refractivity contribution >= 4 is 10.2 Å². The average Bonchev–Trinajstić information content (AvgIpc) is 2.80. The van der Waals surface area contributed by atoms with Gasteiger partial charge in [0.15, 0.2) is 0 Å². The molecular formula is C10H21N3O3S. The summed E-state index contributed by atoms with van der Waals surface area (Å²) in [6.07, 6.45) is 1.57. The van der Waals surface area contributed by atoms with Gasteiger partial charge in [-0.25, -0.2) is 0 Å². The van der Waals surface area contributed by atoms with Crippen molar-refractivity contribution in [3.63, 3.8) is 0 Å². The summed E-state index contributed by atoms with van der Waals surface area (Å²) in [5.74, 6) is 0.317. The maximum atomic E-state index is 12.3. The lowest BCUT2D eigenvalue weighted by molar-refractivity contribution is 0.258. The summed E-state index contributed by atoms with van der Waals surface area (Å²) in [7, 11) is -3.27.